The predicted octanol–water partition coefficient (Wildman–Crippen LogP) is 4.55. The van der Waals surface area contributed by atoms with Crippen molar-refractivity contribution in [2.24, 2.45) is 0 Å². The SMILES string of the molecule is CCCN(CC)C/C=C(\c1ccc(C)cc1)c1ccccn1. The van der Waals surface area contributed by atoms with Crippen molar-refractivity contribution in [2.75, 3.05) is 19.6 Å². The number of nitrogens with zero attached hydrogens (tertiary/aromatic N) is 2. The van der Waals surface area contributed by atoms with Crippen molar-refractivity contribution in [3.63, 3.8) is 0 Å². The lowest BCUT2D eigenvalue weighted by atomic mass is 10.0. The van der Waals surface area contributed by atoms with E-state index in [1.165, 1.54) is 23.1 Å². The molecule has 2 nitrogen and oxygen atoms in total. The molecule has 0 fully saturated rings. The van der Waals surface area contributed by atoms with Crippen LogP contribution in [0.15, 0.2) is 54.7 Å². The molecule has 0 amide bonds. The highest BCUT2D eigenvalue weighted by molar-refractivity contribution is 5.78. The summed E-state index contributed by atoms with van der Waals surface area (Å²) in [6.45, 7) is 9.74. The van der Waals surface area contributed by atoms with Crippen LogP contribution in [-0.4, -0.2) is 29.5 Å². The maximum Gasteiger partial charge on any atom is 0.0705 e. The number of hydrogen-bond donors (Lipinski definition) is 0. The molecule has 0 radical (unpaired) electrons. The first-order valence-electron chi connectivity index (χ1n) is 8.15. The van der Waals surface area contributed by atoms with E-state index in [9.17, 15) is 0 Å². The Kier molecular flexibility index (Phi) is 6.35. The molecule has 2 rings (SSSR count). The second kappa shape index (κ2) is 8.50. The maximum absolute atomic E-state index is 4.54. The summed E-state index contributed by atoms with van der Waals surface area (Å²) in [5.74, 6) is 0. The van der Waals surface area contributed by atoms with Crippen molar-refractivity contribution in [3.05, 3.63) is 71.6 Å². The third kappa shape index (κ3) is 4.54. The molecule has 2 aromatic rings. The molecule has 0 saturated carbocycles. The van der Waals surface area contributed by atoms with Crippen molar-refractivity contribution in [1.82, 2.24) is 9.88 Å². The minimum Gasteiger partial charge on any atom is -0.300 e. The average Bonchev–Trinajstić information content (AvgIpc) is 2.56. The van der Waals surface area contributed by atoms with Gasteiger partial charge in [-0.3, -0.25) is 9.88 Å². The first-order valence-corrected chi connectivity index (χ1v) is 8.15. The fraction of sp³-hybridized carbons (Fsp3) is 0.350. The van der Waals surface area contributed by atoms with Crippen molar-refractivity contribution in [2.45, 2.75) is 27.2 Å². The Balaban J connectivity index is 2.31. The van der Waals surface area contributed by atoms with Crippen LogP contribution in [0.1, 0.15) is 37.1 Å². The Hall–Kier alpha value is -1.93. The van der Waals surface area contributed by atoms with Gasteiger partial charge in [0.05, 0.1) is 5.69 Å². The number of hydrogen-bond acceptors (Lipinski definition) is 2. The van der Waals surface area contributed by atoms with E-state index in [0.717, 1.165) is 25.3 Å². The summed E-state index contributed by atoms with van der Waals surface area (Å²) in [5.41, 5.74) is 4.77. The van der Waals surface area contributed by atoms with Gasteiger partial charge in [0.15, 0.2) is 0 Å². The maximum atomic E-state index is 4.54. The number of aromatic nitrogens is 1. The van der Waals surface area contributed by atoms with Crippen LogP contribution in [0, 0.1) is 6.92 Å². The molecule has 0 aliphatic carbocycles. The van der Waals surface area contributed by atoms with Crippen molar-refractivity contribution in [1.29, 1.82) is 0 Å². The van der Waals surface area contributed by atoms with Crippen LogP contribution >= 0.6 is 0 Å². The molecule has 0 aliphatic heterocycles. The van der Waals surface area contributed by atoms with Crippen LogP contribution in [0.4, 0.5) is 0 Å². The van der Waals surface area contributed by atoms with Crippen LogP contribution in [0.25, 0.3) is 5.57 Å². The van der Waals surface area contributed by atoms with Gasteiger partial charge in [-0.15, -0.1) is 0 Å². The number of benzene rings is 1. The molecule has 0 atom stereocenters. The van der Waals surface area contributed by atoms with Gasteiger partial charge < -0.3 is 0 Å². The van der Waals surface area contributed by atoms with Gasteiger partial charge in [0, 0.05) is 18.3 Å². The van der Waals surface area contributed by atoms with Crippen LogP contribution < -0.4 is 0 Å². The minimum absolute atomic E-state index is 0.962. The Morgan fingerprint density at radius 1 is 1.09 bits per heavy atom. The molecule has 22 heavy (non-hydrogen) atoms. The normalized spacial score (nSPS) is 11.9. The van der Waals surface area contributed by atoms with Gasteiger partial charge in [-0.1, -0.05) is 55.8 Å². The summed E-state index contributed by atoms with van der Waals surface area (Å²) < 4.78 is 0. The molecule has 116 valence electrons. The number of rotatable bonds is 7. The molecule has 1 aromatic carbocycles. The molecule has 0 spiro atoms. The molecule has 0 aliphatic rings. The van der Waals surface area contributed by atoms with Gasteiger partial charge in [-0.2, -0.15) is 0 Å². The topological polar surface area (TPSA) is 16.1 Å². The predicted molar refractivity (Wildman–Crippen MR) is 94.9 cm³/mol. The Morgan fingerprint density at radius 3 is 2.45 bits per heavy atom. The largest absolute Gasteiger partial charge is 0.300 e. The van der Waals surface area contributed by atoms with E-state index in [2.05, 4.69) is 67.1 Å². The van der Waals surface area contributed by atoms with E-state index in [1.54, 1.807) is 0 Å². The lowest BCUT2D eigenvalue weighted by Gasteiger charge is -2.18. The first kappa shape index (κ1) is 16.4. The second-order valence-electron chi connectivity index (χ2n) is 5.59. The lowest BCUT2D eigenvalue weighted by molar-refractivity contribution is 0.320. The first-order chi connectivity index (χ1) is 10.7. The second-order valence-corrected chi connectivity index (χ2v) is 5.59. The van der Waals surface area contributed by atoms with Crippen molar-refractivity contribution >= 4 is 5.57 Å². The highest BCUT2D eigenvalue weighted by atomic mass is 15.1. The van der Waals surface area contributed by atoms with E-state index in [4.69, 9.17) is 0 Å². The lowest BCUT2D eigenvalue weighted by Crippen LogP contribution is -2.24. The van der Waals surface area contributed by atoms with E-state index >= 15 is 0 Å². The average molecular weight is 294 g/mol. The van der Waals surface area contributed by atoms with Gasteiger partial charge >= 0.3 is 0 Å². The summed E-state index contributed by atoms with van der Waals surface area (Å²) in [6.07, 6.45) is 5.36. The Morgan fingerprint density at radius 2 is 1.86 bits per heavy atom. The highest BCUT2D eigenvalue weighted by Gasteiger charge is 2.07. The summed E-state index contributed by atoms with van der Waals surface area (Å²) in [7, 11) is 0. The third-order valence-electron chi connectivity index (χ3n) is 3.84. The fourth-order valence-corrected chi connectivity index (χ4v) is 2.54. The number of likely N-dealkylation sites (N-methyl/N-ethyl adjacent to an activating group) is 1. The monoisotopic (exact) mass is 294 g/mol. The zero-order chi connectivity index (χ0) is 15.8. The zero-order valence-electron chi connectivity index (χ0n) is 13.9. The van der Waals surface area contributed by atoms with Gasteiger partial charge in [0.1, 0.15) is 0 Å². The van der Waals surface area contributed by atoms with Crippen LogP contribution in [0.5, 0.6) is 0 Å². The molecule has 2 heteroatoms. The molecule has 1 heterocycles. The molecule has 0 saturated heterocycles. The van der Waals surface area contributed by atoms with Gasteiger partial charge in [-0.05, 0) is 44.1 Å². The highest BCUT2D eigenvalue weighted by Crippen LogP contribution is 2.22. The quantitative estimate of drug-likeness (QED) is 0.744. The molecule has 0 unspecified atom stereocenters. The van der Waals surface area contributed by atoms with Crippen molar-refractivity contribution in [3.8, 4) is 0 Å². The van der Waals surface area contributed by atoms with E-state index in [1.807, 2.05) is 18.3 Å². The Bertz CT molecular complexity index is 585. The molecule has 0 N–H and O–H groups in total. The molecular formula is C20H26N2. The van der Waals surface area contributed by atoms with Crippen LogP contribution in [-0.2, 0) is 0 Å². The van der Waals surface area contributed by atoms with E-state index in [0.29, 0.717) is 0 Å². The van der Waals surface area contributed by atoms with Crippen LogP contribution in [0.2, 0.25) is 0 Å². The van der Waals surface area contributed by atoms with Crippen LogP contribution in [0.3, 0.4) is 0 Å². The van der Waals surface area contributed by atoms with Gasteiger partial charge in [0.2, 0.25) is 0 Å². The Labute approximate surface area is 134 Å². The van der Waals surface area contributed by atoms with Crippen molar-refractivity contribution < 1.29 is 0 Å². The minimum atomic E-state index is 0.962. The van der Waals surface area contributed by atoms with Gasteiger partial charge in [-0.25, -0.2) is 0 Å². The summed E-state index contributed by atoms with van der Waals surface area (Å²) >= 11 is 0. The fourth-order valence-electron chi connectivity index (χ4n) is 2.54. The molecular weight excluding hydrogens is 268 g/mol. The van der Waals surface area contributed by atoms with E-state index in [-0.39, 0.29) is 0 Å². The number of pyridine rings is 1. The number of aryl methyl sites for hydroxylation is 1. The summed E-state index contributed by atoms with van der Waals surface area (Å²) in [4.78, 5) is 7.00. The van der Waals surface area contributed by atoms with E-state index < -0.39 is 0 Å². The zero-order valence-corrected chi connectivity index (χ0v) is 13.9. The van der Waals surface area contributed by atoms with Gasteiger partial charge in [0.25, 0.3) is 0 Å². The summed E-state index contributed by atoms with van der Waals surface area (Å²) in [5, 5.41) is 0. The molecule has 1 aromatic heterocycles. The third-order valence-corrected chi connectivity index (χ3v) is 3.84. The standard InChI is InChI=1S/C20H26N2/c1-4-15-22(5-2)16-13-19(20-8-6-7-14-21-20)18-11-9-17(3)10-12-18/h6-14H,4-5,15-16H2,1-3H3/b19-13+. The summed E-state index contributed by atoms with van der Waals surface area (Å²) in [6, 6.07) is 14.8. The molecule has 0 bridgehead atoms. The smallest absolute Gasteiger partial charge is 0.0705 e.